The molecule has 84 valence electrons. The second-order valence-electron chi connectivity index (χ2n) is 3.25. The molecule has 0 bridgehead atoms. The van der Waals surface area contributed by atoms with Crippen LogP contribution in [-0.4, -0.2) is 16.2 Å². The molecule has 0 fully saturated rings. The molecule has 0 radical (unpaired) electrons. The van der Waals surface area contributed by atoms with Crippen LogP contribution in [0, 0.1) is 11.3 Å². The molecule has 16 heavy (non-hydrogen) atoms. The third kappa shape index (κ3) is 3.05. The van der Waals surface area contributed by atoms with Gasteiger partial charge in [0.15, 0.2) is 6.10 Å². The number of halogens is 1. The third-order valence-corrected chi connectivity index (χ3v) is 2.87. The molecule has 5 heteroatoms. The number of aryl methyl sites for hydroxylation is 1. The summed E-state index contributed by atoms with van der Waals surface area (Å²) in [6.45, 7) is 0. The molecule has 1 unspecified atom stereocenters. The number of benzene rings is 1. The molecular weight excluding hydrogens is 274 g/mol. The maximum absolute atomic E-state index is 10.6. The Kier molecular flexibility index (Phi) is 4.47. The van der Waals surface area contributed by atoms with Gasteiger partial charge in [-0.25, -0.2) is 4.79 Å². The molecule has 1 aromatic rings. The van der Waals surface area contributed by atoms with Crippen molar-refractivity contribution in [3.8, 4) is 6.07 Å². The van der Waals surface area contributed by atoms with Crippen molar-refractivity contribution in [3.05, 3.63) is 33.8 Å². The first-order valence-electron chi connectivity index (χ1n) is 4.62. The second-order valence-corrected chi connectivity index (χ2v) is 4.10. The molecule has 1 rings (SSSR count). The molecule has 1 atom stereocenters. The first-order valence-corrected chi connectivity index (χ1v) is 5.41. The smallest absolute Gasteiger partial charge is 0.337 e. The van der Waals surface area contributed by atoms with Gasteiger partial charge >= 0.3 is 5.97 Å². The van der Waals surface area contributed by atoms with Crippen LogP contribution in [0.15, 0.2) is 22.7 Å². The number of rotatable bonds is 4. The zero-order chi connectivity index (χ0) is 12.1. The zero-order valence-corrected chi connectivity index (χ0v) is 9.94. The van der Waals surface area contributed by atoms with Crippen LogP contribution in [0.5, 0.6) is 0 Å². The highest BCUT2D eigenvalue weighted by atomic mass is 79.9. The molecule has 0 spiro atoms. The van der Waals surface area contributed by atoms with E-state index in [9.17, 15) is 9.90 Å². The van der Waals surface area contributed by atoms with Crippen LogP contribution in [-0.2, 0) is 11.2 Å². The molecule has 0 saturated heterocycles. The van der Waals surface area contributed by atoms with Gasteiger partial charge in [0.05, 0.1) is 6.07 Å². The summed E-state index contributed by atoms with van der Waals surface area (Å²) >= 11 is 3.28. The summed E-state index contributed by atoms with van der Waals surface area (Å²) in [5.74, 6) is -1.28. The maximum atomic E-state index is 10.6. The van der Waals surface area contributed by atoms with Crippen molar-refractivity contribution in [3.63, 3.8) is 0 Å². The molecule has 0 aromatic heterocycles. The summed E-state index contributed by atoms with van der Waals surface area (Å²) in [7, 11) is 0. The van der Waals surface area contributed by atoms with Gasteiger partial charge in [0.1, 0.15) is 0 Å². The lowest BCUT2D eigenvalue weighted by Crippen LogP contribution is -2.10. The van der Waals surface area contributed by atoms with E-state index in [4.69, 9.17) is 10.4 Å². The lowest BCUT2D eigenvalue weighted by atomic mass is 10.0. The summed E-state index contributed by atoms with van der Waals surface area (Å²) in [6, 6.07) is 6.86. The van der Waals surface area contributed by atoms with E-state index < -0.39 is 12.1 Å². The van der Waals surface area contributed by atoms with Gasteiger partial charge in [0.25, 0.3) is 0 Å². The van der Waals surface area contributed by atoms with Gasteiger partial charge in [-0.1, -0.05) is 28.1 Å². The van der Waals surface area contributed by atoms with Crippen LogP contribution < -0.4 is 0 Å². The number of hydrogen-bond donors (Lipinski definition) is 2. The topological polar surface area (TPSA) is 81.3 Å². The van der Waals surface area contributed by atoms with Gasteiger partial charge < -0.3 is 10.2 Å². The molecular formula is C11H10BrNO3. The number of aliphatic hydroxyl groups excluding tert-OH is 1. The van der Waals surface area contributed by atoms with Crippen molar-refractivity contribution in [1.82, 2.24) is 0 Å². The molecule has 1 aromatic carbocycles. The van der Waals surface area contributed by atoms with Gasteiger partial charge in [-0.15, -0.1) is 0 Å². The fourth-order valence-corrected chi connectivity index (χ4v) is 1.86. The predicted molar refractivity (Wildman–Crippen MR) is 60.7 cm³/mol. The summed E-state index contributed by atoms with van der Waals surface area (Å²) in [5.41, 5.74) is 1.24. The van der Waals surface area contributed by atoms with E-state index in [0.29, 0.717) is 22.9 Å². The highest BCUT2D eigenvalue weighted by Gasteiger charge is 2.16. The van der Waals surface area contributed by atoms with Crippen LogP contribution in [0.1, 0.15) is 23.7 Å². The number of nitriles is 1. The summed E-state index contributed by atoms with van der Waals surface area (Å²) in [4.78, 5) is 10.6. The number of carboxylic acids is 1. The van der Waals surface area contributed by atoms with Crippen molar-refractivity contribution in [2.75, 3.05) is 0 Å². The van der Waals surface area contributed by atoms with E-state index in [1.165, 1.54) is 0 Å². The monoisotopic (exact) mass is 283 g/mol. The standard InChI is InChI=1S/C11H10BrNO3/c12-9-6-8(10(14)11(15)16)4-3-7(9)2-1-5-13/h3-4,6,10,14H,1-2H2,(H,15,16). The van der Waals surface area contributed by atoms with Crippen LogP contribution in [0.4, 0.5) is 0 Å². The minimum absolute atomic E-state index is 0.320. The Hall–Kier alpha value is -1.38. The van der Waals surface area contributed by atoms with Crippen LogP contribution in [0.2, 0.25) is 0 Å². The van der Waals surface area contributed by atoms with Crippen LogP contribution in [0.3, 0.4) is 0 Å². The molecule has 0 aliphatic rings. The van der Waals surface area contributed by atoms with E-state index in [2.05, 4.69) is 15.9 Å². The zero-order valence-electron chi connectivity index (χ0n) is 8.35. The van der Waals surface area contributed by atoms with Crippen molar-refractivity contribution < 1.29 is 15.0 Å². The Bertz CT molecular complexity index is 439. The number of carbonyl (C=O) groups is 1. The maximum Gasteiger partial charge on any atom is 0.337 e. The molecule has 2 N–H and O–H groups in total. The van der Waals surface area contributed by atoms with Crippen molar-refractivity contribution in [2.45, 2.75) is 18.9 Å². The van der Waals surface area contributed by atoms with E-state index in [1.54, 1.807) is 18.2 Å². The molecule has 4 nitrogen and oxygen atoms in total. The highest BCUT2D eigenvalue weighted by molar-refractivity contribution is 9.10. The Morgan fingerprint density at radius 2 is 2.25 bits per heavy atom. The van der Waals surface area contributed by atoms with Crippen LogP contribution in [0.25, 0.3) is 0 Å². The van der Waals surface area contributed by atoms with Gasteiger partial charge in [-0.05, 0) is 23.6 Å². The number of carboxylic acid groups (broad SMARTS) is 1. The number of aliphatic carboxylic acids is 1. The fourth-order valence-electron chi connectivity index (χ4n) is 1.27. The number of hydrogen-bond acceptors (Lipinski definition) is 3. The molecule has 0 amide bonds. The minimum Gasteiger partial charge on any atom is -0.479 e. The lowest BCUT2D eigenvalue weighted by Gasteiger charge is -2.08. The van der Waals surface area contributed by atoms with E-state index in [1.807, 2.05) is 6.07 Å². The Balaban J connectivity index is 2.91. The SMILES string of the molecule is N#CCCc1ccc(C(O)C(=O)O)cc1Br. The van der Waals surface area contributed by atoms with Crippen molar-refractivity contribution >= 4 is 21.9 Å². The van der Waals surface area contributed by atoms with Gasteiger partial charge in [0, 0.05) is 10.9 Å². The molecule has 0 saturated carbocycles. The fraction of sp³-hybridized carbons (Fsp3) is 0.273. The molecule has 0 aliphatic heterocycles. The minimum atomic E-state index is -1.51. The average molecular weight is 284 g/mol. The Labute approximate surface area is 101 Å². The number of aliphatic hydroxyl groups is 1. The van der Waals surface area contributed by atoms with Crippen LogP contribution >= 0.6 is 15.9 Å². The quantitative estimate of drug-likeness (QED) is 0.886. The Morgan fingerprint density at radius 3 is 2.75 bits per heavy atom. The summed E-state index contributed by atoms with van der Waals surface area (Å²) in [6.07, 6.45) is -0.513. The van der Waals surface area contributed by atoms with E-state index in [-0.39, 0.29) is 0 Å². The first-order chi connectivity index (χ1) is 7.56. The molecule has 0 heterocycles. The summed E-state index contributed by atoms with van der Waals surface area (Å²) in [5, 5.41) is 26.4. The summed E-state index contributed by atoms with van der Waals surface area (Å²) < 4.78 is 0.709. The van der Waals surface area contributed by atoms with Crippen molar-refractivity contribution in [2.24, 2.45) is 0 Å². The van der Waals surface area contributed by atoms with E-state index in [0.717, 1.165) is 5.56 Å². The van der Waals surface area contributed by atoms with Crippen molar-refractivity contribution in [1.29, 1.82) is 5.26 Å². The predicted octanol–water partition coefficient (Wildman–Crippen LogP) is 2.02. The molecule has 0 aliphatic carbocycles. The third-order valence-electron chi connectivity index (χ3n) is 2.13. The highest BCUT2D eigenvalue weighted by Crippen LogP contribution is 2.23. The van der Waals surface area contributed by atoms with E-state index >= 15 is 0 Å². The Morgan fingerprint density at radius 1 is 1.56 bits per heavy atom. The normalized spacial score (nSPS) is 11.8. The van der Waals surface area contributed by atoms with Gasteiger partial charge in [-0.2, -0.15) is 5.26 Å². The largest absolute Gasteiger partial charge is 0.479 e. The average Bonchev–Trinajstić information content (AvgIpc) is 2.26. The second kappa shape index (κ2) is 5.64. The van der Waals surface area contributed by atoms with Gasteiger partial charge in [-0.3, -0.25) is 0 Å². The number of nitrogens with zero attached hydrogens (tertiary/aromatic N) is 1. The lowest BCUT2D eigenvalue weighted by molar-refractivity contribution is -0.146. The first kappa shape index (κ1) is 12.7. The van der Waals surface area contributed by atoms with Gasteiger partial charge in [0.2, 0.25) is 0 Å².